The van der Waals surface area contributed by atoms with Crippen LogP contribution in [0.15, 0.2) is 48.5 Å². The summed E-state index contributed by atoms with van der Waals surface area (Å²) in [5, 5.41) is 0. The number of ether oxygens (including phenoxy) is 1. The fourth-order valence-corrected chi connectivity index (χ4v) is 5.18. The maximum Gasteiger partial charge on any atom is 0.242 e. The summed E-state index contributed by atoms with van der Waals surface area (Å²) in [4.78, 5) is 35.0. The fourth-order valence-electron chi connectivity index (χ4n) is 5.18. The largest absolute Gasteiger partial charge is 0.497 e. The van der Waals surface area contributed by atoms with Gasteiger partial charge in [0.2, 0.25) is 11.8 Å². The molecule has 0 bridgehead atoms. The Morgan fingerprint density at radius 1 is 1.03 bits per heavy atom. The summed E-state index contributed by atoms with van der Waals surface area (Å²) < 4.78 is 7.29. The molecule has 1 atom stereocenters. The fraction of sp³-hybridized carbons (Fsp3) is 0.444. The van der Waals surface area contributed by atoms with Gasteiger partial charge in [0.25, 0.3) is 0 Å². The number of hydrogen-bond donors (Lipinski definition) is 0. The van der Waals surface area contributed by atoms with E-state index >= 15 is 0 Å². The van der Waals surface area contributed by atoms with Crippen LogP contribution in [0.5, 0.6) is 5.75 Å². The Bertz CT molecular complexity index is 1160. The summed E-state index contributed by atoms with van der Waals surface area (Å²) in [7, 11) is 1.65. The first-order chi connectivity index (χ1) is 16.6. The van der Waals surface area contributed by atoms with Crippen molar-refractivity contribution in [1.82, 2.24) is 19.4 Å². The number of nitrogens with zero attached hydrogens (tertiary/aromatic N) is 4. The number of likely N-dealkylation sites (tertiary alicyclic amines) is 2. The third-order valence-corrected chi connectivity index (χ3v) is 7.05. The number of hydrogen-bond acceptors (Lipinski definition) is 4. The Morgan fingerprint density at radius 2 is 1.76 bits per heavy atom. The van der Waals surface area contributed by atoms with Crippen molar-refractivity contribution in [2.75, 3.05) is 26.7 Å². The van der Waals surface area contributed by atoms with E-state index < -0.39 is 0 Å². The third-order valence-electron chi connectivity index (χ3n) is 7.05. The molecule has 2 fully saturated rings. The normalized spacial score (nSPS) is 19.0. The minimum Gasteiger partial charge on any atom is -0.497 e. The molecule has 2 amide bonds. The Balaban J connectivity index is 1.37. The molecule has 3 heterocycles. The number of methoxy groups -OCH3 is 1. The van der Waals surface area contributed by atoms with Crippen LogP contribution in [0, 0.1) is 0 Å². The van der Waals surface area contributed by atoms with Gasteiger partial charge in [-0.3, -0.25) is 9.59 Å². The van der Waals surface area contributed by atoms with Crippen molar-refractivity contribution in [3.05, 3.63) is 59.9 Å². The SMILES string of the molecule is COc1ccc(CN2CC(c3nc4ccccc4n3CC(=O)N3CCCCCC3)CC2=O)cc1. The average molecular weight is 461 g/mol. The van der Waals surface area contributed by atoms with Gasteiger partial charge in [0.1, 0.15) is 18.1 Å². The van der Waals surface area contributed by atoms with Crippen LogP contribution < -0.4 is 4.74 Å². The second-order valence-electron chi connectivity index (χ2n) is 9.36. The molecule has 178 valence electrons. The number of amides is 2. The molecule has 0 aliphatic carbocycles. The Morgan fingerprint density at radius 3 is 2.50 bits per heavy atom. The molecule has 34 heavy (non-hydrogen) atoms. The molecule has 2 aliphatic heterocycles. The smallest absolute Gasteiger partial charge is 0.242 e. The van der Waals surface area contributed by atoms with E-state index in [9.17, 15) is 9.59 Å². The van der Waals surface area contributed by atoms with Crippen molar-refractivity contribution >= 4 is 22.8 Å². The van der Waals surface area contributed by atoms with Crippen LogP contribution in [-0.2, 0) is 22.7 Å². The number of rotatable bonds is 6. The monoisotopic (exact) mass is 460 g/mol. The second kappa shape index (κ2) is 9.87. The number of imidazole rings is 1. The van der Waals surface area contributed by atoms with Gasteiger partial charge in [0.15, 0.2) is 0 Å². The van der Waals surface area contributed by atoms with Crippen LogP contribution in [0.3, 0.4) is 0 Å². The maximum atomic E-state index is 13.2. The third kappa shape index (κ3) is 4.65. The van der Waals surface area contributed by atoms with Crippen LogP contribution in [0.25, 0.3) is 11.0 Å². The van der Waals surface area contributed by atoms with E-state index in [1.807, 2.05) is 58.3 Å². The highest BCUT2D eigenvalue weighted by Crippen LogP contribution is 2.31. The van der Waals surface area contributed by atoms with Crippen LogP contribution in [0.2, 0.25) is 0 Å². The predicted octanol–water partition coefficient (Wildman–Crippen LogP) is 3.96. The summed E-state index contributed by atoms with van der Waals surface area (Å²) in [5.74, 6) is 1.88. The van der Waals surface area contributed by atoms with Crippen molar-refractivity contribution < 1.29 is 14.3 Å². The Labute approximate surface area is 200 Å². The van der Waals surface area contributed by atoms with Gasteiger partial charge >= 0.3 is 0 Å². The van der Waals surface area contributed by atoms with Gasteiger partial charge in [0.05, 0.1) is 18.1 Å². The zero-order valence-electron chi connectivity index (χ0n) is 19.8. The number of benzene rings is 2. The van der Waals surface area contributed by atoms with Gasteiger partial charge in [-0.25, -0.2) is 4.98 Å². The number of carbonyl (C=O) groups excluding carboxylic acids is 2. The molecule has 3 aromatic rings. The van der Waals surface area contributed by atoms with E-state index in [1.165, 1.54) is 12.8 Å². The Kier molecular flexibility index (Phi) is 6.52. The zero-order chi connectivity index (χ0) is 23.5. The van der Waals surface area contributed by atoms with E-state index in [0.29, 0.717) is 19.5 Å². The molecule has 0 N–H and O–H groups in total. The van der Waals surface area contributed by atoms with Gasteiger partial charge < -0.3 is 19.1 Å². The van der Waals surface area contributed by atoms with Crippen LogP contribution in [0.4, 0.5) is 0 Å². The lowest BCUT2D eigenvalue weighted by Crippen LogP contribution is -2.35. The number of aromatic nitrogens is 2. The van der Waals surface area contributed by atoms with Crippen LogP contribution in [0.1, 0.15) is 49.4 Å². The Hall–Kier alpha value is -3.35. The first-order valence-corrected chi connectivity index (χ1v) is 12.3. The standard InChI is InChI=1S/C27H32N4O3/c1-34-22-12-10-20(11-13-22)17-30-18-21(16-25(30)32)27-28-23-8-4-5-9-24(23)31(27)19-26(33)29-14-6-2-3-7-15-29/h4-5,8-13,21H,2-3,6-7,14-19H2,1H3. The molecule has 7 heteroatoms. The molecule has 7 nitrogen and oxygen atoms in total. The van der Waals surface area contributed by atoms with Crippen molar-refractivity contribution in [2.45, 2.75) is 51.1 Å². The van der Waals surface area contributed by atoms with Gasteiger partial charge in [-0.05, 0) is 42.7 Å². The summed E-state index contributed by atoms with van der Waals surface area (Å²) >= 11 is 0. The van der Waals surface area contributed by atoms with E-state index in [2.05, 4.69) is 4.57 Å². The van der Waals surface area contributed by atoms with E-state index in [4.69, 9.17) is 9.72 Å². The van der Waals surface area contributed by atoms with Crippen molar-refractivity contribution in [2.24, 2.45) is 0 Å². The molecule has 0 radical (unpaired) electrons. The minimum absolute atomic E-state index is 0.0323. The van der Waals surface area contributed by atoms with Gasteiger partial charge in [0, 0.05) is 38.5 Å². The summed E-state index contributed by atoms with van der Waals surface area (Å²) in [6, 6.07) is 15.8. The number of para-hydroxylation sites is 2. The van der Waals surface area contributed by atoms with Crippen molar-refractivity contribution in [1.29, 1.82) is 0 Å². The first-order valence-electron chi connectivity index (χ1n) is 12.3. The molecule has 2 saturated heterocycles. The highest BCUT2D eigenvalue weighted by Gasteiger charge is 2.34. The summed E-state index contributed by atoms with van der Waals surface area (Å²) in [5.41, 5.74) is 2.91. The van der Waals surface area contributed by atoms with Gasteiger partial charge in [-0.15, -0.1) is 0 Å². The van der Waals surface area contributed by atoms with E-state index in [-0.39, 0.29) is 24.3 Å². The van der Waals surface area contributed by atoms with Crippen LogP contribution >= 0.6 is 0 Å². The van der Waals surface area contributed by atoms with Crippen molar-refractivity contribution in [3.63, 3.8) is 0 Å². The molecular weight excluding hydrogens is 428 g/mol. The molecule has 0 saturated carbocycles. The van der Waals surface area contributed by atoms with Gasteiger partial charge in [-0.1, -0.05) is 37.1 Å². The zero-order valence-corrected chi connectivity index (χ0v) is 19.8. The lowest BCUT2D eigenvalue weighted by molar-refractivity contribution is -0.131. The highest BCUT2D eigenvalue weighted by atomic mass is 16.5. The second-order valence-corrected chi connectivity index (χ2v) is 9.36. The summed E-state index contributed by atoms with van der Waals surface area (Å²) in [6.45, 7) is 3.11. The number of fused-ring (bicyclic) bond motifs is 1. The molecule has 1 unspecified atom stereocenters. The summed E-state index contributed by atoms with van der Waals surface area (Å²) in [6.07, 6.45) is 4.94. The molecule has 5 rings (SSSR count). The molecule has 0 spiro atoms. The average Bonchev–Trinajstić information content (AvgIpc) is 3.26. The molecular formula is C27H32N4O3. The lowest BCUT2D eigenvalue weighted by atomic mass is 10.1. The minimum atomic E-state index is -0.0323. The predicted molar refractivity (Wildman–Crippen MR) is 131 cm³/mol. The molecule has 1 aromatic heterocycles. The topological polar surface area (TPSA) is 67.7 Å². The van der Waals surface area contributed by atoms with Gasteiger partial charge in [-0.2, -0.15) is 0 Å². The highest BCUT2D eigenvalue weighted by molar-refractivity contribution is 5.83. The first kappa shape index (κ1) is 22.4. The molecule has 2 aliphatic rings. The quantitative estimate of drug-likeness (QED) is 0.558. The van der Waals surface area contributed by atoms with Crippen molar-refractivity contribution in [3.8, 4) is 5.75 Å². The molecule has 2 aromatic carbocycles. The van der Waals surface area contributed by atoms with Crippen LogP contribution in [-0.4, -0.2) is 57.9 Å². The van der Waals surface area contributed by atoms with E-state index in [1.54, 1.807) is 7.11 Å². The van der Waals surface area contributed by atoms with E-state index in [0.717, 1.165) is 54.1 Å². The lowest BCUT2D eigenvalue weighted by Gasteiger charge is -2.22. The number of carbonyl (C=O) groups is 2. The maximum absolute atomic E-state index is 13.2.